The van der Waals surface area contributed by atoms with Gasteiger partial charge in [0.2, 0.25) is 0 Å². The molecule has 0 spiro atoms. The van der Waals surface area contributed by atoms with Crippen molar-refractivity contribution in [3.8, 4) is 101 Å². The van der Waals surface area contributed by atoms with Crippen LogP contribution in [0.15, 0.2) is 400 Å². The molecule has 512 valence electrons. The molecular weight excluding hydrogens is 1330 g/mol. The van der Waals surface area contributed by atoms with Crippen molar-refractivity contribution in [1.29, 1.82) is 0 Å². The van der Waals surface area contributed by atoms with Gasteiger partial charge in [-0.15, -0.1) is 0 Å². The number of hydrogen-bond donors (Lipinski definition) is 0. The minimum Gasteiger partial charge on any atom is -0.309 e. The van der Waals surface area contributed by atoms with E-state index in [1.807, 2.05) is 36.4 Å². The lowest BCUT2D eigenvalue weighted by Gasteiger charge is -2.16. The Morgan fingerprint density at radius 2 is 0.418 bits per heavy atom. The molecule has 0 saturated heterocycles. The van der Waals surface area contributed by atoms with Crippen molar-refractivity contribution in [2.45, 2.75) is 0 Å². The summed E-state index contributed by atoms with van der Waals surface area (Å²) >= 11 is 0. The van der Waals surface area contributed by atoms with Crippen LogP contribution in [-0.4, -0.2) is 29.1 Å². The second-order valence-electron chi connectivity index (χ2n) is 28.2. The number of hydrogen-bond acceptors (Lipinski definition) is 4. The van der Waals surface area contributed by atoms with E-state index in [2.05, 4.69) is 373 Å². The molecule has 22 aromatic rings. The number of nitrogens with zero attached hydrogens (tertiary/aromatic N) is 6. The maximum atomic E-state index is 5.09. The van der Waals surface area contributed by atoms with E-state index in [9.17, 15) is 0 Å². The van der Waals surface area contributed by atoms with E-state index in [-0.39, 0.29) is 0 Å². The number of benzene rings is 18. The van der Waals surface area contributed by atoms with Gasteiger partial charge in [0, 0.05) is 87.8 Å². The molecule has 0 amide bonds. The molecule has 0 unspecified atom stereocenters. The van der Waals surface area contributed by atoms with E-state index in [1.54, 1.807) is 0 Å². The first-order valence-electron chi connectivity index (χ1n) is 37.5. The monoisotopic (exact) mass is 1400 g/mol. The van der Waals surface area contributed by atoms with E-state index in [1.165, 1.54) is 125 Å². The van der Waals surface area contributed by atoms with E-state index in [4.69, 9.17) is 19.9 Å². The predicted molar refractivity (Wildman–Crippen MR) is 461 cm³/mol. The van der Waals surface area contributed by atoms with Crippen LogP contribution in [0.4, 0.5) is 0 Å². The van der Waals surface area contributed by atoms with Gasteiger partial charge in [-0.05, 0) is 126 Å². The highest BCUT2D eigenvalue weighted by Crippen LogP contribution is 2.50. The summed E-state index contributed by atoms with van der Waals surface area (Å²) in [5.74, 6) is 1.42. The number of aromatic nitrogens is 6. The standard InChI is InChI=1S/2C52H33N3/c1-4-16-35(17-5-1)46-33-47(54-52(53-46)37-18-6-2-7-19-37)36-30-28-34(29-31-36)44-32-45-40-23-11-13-25-42(40)51-50(49(45)41-24-12-10-22-39(41)44)43-26-14-15-27-48(43)55(51)38-20-8-3-9-21-38;1-4-16-35(17-5-1)46-33-47(36-18-6-2-7-19-36)54-52(53-46)37-30-28-34(29-31-37)44-32-45-40-23-11-13-25-42(40)51-50(49(45)41-24-12-10-22-39(41)44)43-26-14-15-27-48(43)55(51)38-20-8-3-9-21-38/h2*1-33H. The highest BCUT2D eigenvalue weighted by molar-refractivity contribution is 6.39. The third-order valence-corrected chi connectivity index (χ3v) is 22.0. The molecule has 0 radical (unpaired) electrons. The minimum atomic E-state index is 0.707. The van der Waals surface area contributed by atoms with Crippen LogP contribution in [-0.2, 0) is 0 Å². The second kappa shape index (κ2) is 26.7. The highest BCUT2D eigenvalue weighted by Gasteiger charge is 2.25. The normalized spacial score (nSPS) is 11.6. The van der Waals surface area contributed by atoms with Crippen LogP contribution in [0.5, 0.6) is 0 Å². The first-order valence-corrected chi connectivity index (χ1v) is 37.5. The van der Waals surface area contributed by atoms with Crippen LogP contribution in [0.2, 0.25) is 0 Å². The average Bonchev–Trinajstić information content (AvgIpc) is 1.50. The van der Waals surface area contributed by atoms with Gasteiger partial charge in [0.25, 0.3) is 0 Å². The van der Waals surface area contributed by atoms with Crippen molar-refractivity contribution in [2.75, 3.05) is 0 Å². The van der Waals surface area contributed by atoms with Crippen LogP contribution in [0, 0.1) is 0 Å². The SMILES string of the molecule is c1ccc(-c2cc(-c3ccc(-c4cc5c6ccccc6c6c(c7ccccc7n6-c6ccccc6)c5c5ccccc45)cc3)nc(-c3ccccc3)n2)cc1.c1ccc(-c2cc(-c3ccccc3)nc(-c3ccc(-c4cc5c6ccccc6c6c(c7ccccc7n6-c6ccccc6)c5c5ccccc45)cc3)n2)cc1. The van der Waals surface area contributed by atoms with Gasteiger partial charge in [0.05, 0.1) is 44.8 Å². The molecule has 0 bridgehead atoms. The Bertz CT molecular complexity index is 6770. The Labute approximate surface area is 635 Å². The van der Waals surface area contributed by atoms with Crippen molar-refractivity contribution in [2.24, 2.45) is 0 Å². The van der Waals surface area contributed by atoms with Crippen LogP contribution < -0.4 is 0 Å². The van der Waals surface area contributed by atoms with Gasteiger partial charge in [0.15, 0.2) is 11.6 Å². The molecule has 0 aliphatic rings. The maximum Gasteiger partial charge on any atom is 0.160 e. The molecule has 110 heavy (non-hydrogen) atoms. The number of fused-ring (bicyclic) bond motifs is 20. The summed E-state index contributed by atoms with van der Waals surface area (Å²) in [6, 6.07) is 143. The number of rotatable bonds is 10. The van der Waals surface area contributed by atoms with E-state index < -0.39 is 0 Å². The third-order valence-electron chi connectivity index (χ3n) is 22.0. The van der Waals surface area contributed by atoms with Crippen molar-refractivity contribution in [3.05, 3.63) is 400 Å². The van der Waals surface area contributed by atoms with Gasteiger partial charge in [-0.3, -0.25) is 0 Å². The zero-order chi connectivity index (χ0) is 72.6. The zero-order valence-corrected chi connectivity index (χ0v) is 59.8. The predicted octanol–water partition coefficient (Wildman–Crippen LogP) is 27.4. The summed E-state index contributed by atoms with van der Waals surface area (Å²) in [5, 5.41) is 20.1. The van der Waals surface area contributed by atoms with Gasteiger partial charge in [-0.1, -0.05) is 340 Å². The molecule has 4 aromatic heterocycles. The quantitative estimate of drug-likeness (QED) is 0.128. The first kappa shape index (κ1) is 63.7. The van der Waals surface area contributed by atoms with E-state index in [0.717, 1.165) is 73.1 Å². The largest absolute Gasteiger partial charge is 0.309 e. The summed E-state index contributed by atoms with van der Waals surface area (Å²) in [4.78, 5) is 20.3. The van der Waals surface area contributed by atoms with E-state index >= 15 is 0 Å². The minimum absolute atomic E-state index is 0.707. The van der Waals surface area contributed by atoms with Crippen LogP contribution in [0.3, 0.4) is 0 Å². The lowest BCUT2D eigenvalue weighted by molar-refractivity contribution is 1.18. The van der Waals surface area contributed by atoms with Gasteiger partial charge in [0.1, 0.15) is 0 Å². The van der Waals surface area contributed by atoms with Crippen molar-refractivity contribution in [3.63, 3.8) is 0 Å². The number of para-hydroxylation sites is 4. The summed E-state index contributed by atoms with van der Waals surface area (Å²) in [5.41, 5.74) is 21.8. The van der Waals surface area contributed by atoms with Crippen molar-refractivity contribution in [1.82, 2.24) is 29.1 Å². The zero-order valence-electron chi connectivity index (χ0n) is 59.8. The fourth-order valence-electron chi connectivity index (χ4n) is 17.0. The third kappa shape index (κ3) is 10.8. The Hall–Kier alpha value is -14.7. The Kier molecular flexibility index (Phi) is 15.5. The topological polar surface area (TPSA) is 61.4 Å². The van der Waals surface area contributed by atoms with Crippen molar-refractivity contribution >= 4 is 108 Å². The molecule has 22 rings (SSSR count). The summed E-state index contributed by atoms with van der Waals surface area (Å²) in [6.07, 6.45) is 0. The molecule has 0 fully saturated rings. The lowest BCUT2D eigenvalue weighted by Crippen LogP contribution is -1.96. The van der Waals surface area contributed by atoms with Gasteiger partial charge in [-0.2, -0.15) is 0 Å². The summed E-state index contributed by atoms with van der Waals surface area (Å²) < 4.78 is 4.90. The van der Waals surface area contributed by atoms with Gasteiger partial charge in [-0.25, -0.2) is 19.9 Å². The smallest absolute Gasteiger partial charge is 0.160 e. The Morgan fingerprint density at radius 1 is 0.164 bits per heavy atom. The lowest BCUT2D eigenvalue weighted by atomic mass is 9.88. The molecule has 0 N–H and O–H groups in total. The Morgan fingerprint density at radius 3 is 0.782 bits per heavy atom. The molecule has 0 aliphatic heterocycles. The molecule has 0 atom stereocenters. The molecule has 0 saturated carbocycles. The molecule has 0 aliphatic carbocycles. The molecule has 4 heterocycles. The van der Waals surface area contributed by atoms with Crippen LogP contribution in [0.1, 0.15) is 0 Å². The Balaban J connectivity index is 0.000000140. The fraction of sp³-hybridized carbons (Fsp3) is 0. The first-order chi connectivity index (χ1) is 54.6. The van der Waals surface area contributed by atoms with Crippen LogP contribution in [0.25, 0.3) is 210 Å². The molecule has 6 nitrogen and oxygen atoms in total. The second-order valence-corrected chi connectivity index (χ2v) is 28.2. The van der Waals surface area contributed by atoms with Crippen LogP contribution >= 0.6 is 0 Å². The van der Waals surface area contributed by atoms with Gasteiger partial charge >= 0.3 is 0 Å². The highest BCUT2D eigenvalue weighted by atomic mass is 15.0. The van der Waals surface area contributed by atoms with Gasteiger partial charge < -0.3 is 9.13 Å². The maximum absolute atomic E-state index is 5.09. The van der Waals surface area contributed by atoms with E-state index in [0.29, 0.717) is 11.6 Å². The fourth-order valence-corrected chi connectivity index (χ4v) is 17.0. The molecule has 18 aromatic carbocycles. The van der Waals surface area contributed by atoms with Crippen molar-refractivity contribution < 1.29 is 0 Å². The molecule has 6 heteroatoms. The average molecular weight is 1400 g/mol. The summed E-state index contributed by atoms with van der Waals surface area (Å²) in [7, 11) is 0. The summed E-state index contributed by atoms with van der Waals surface area (Å²) in [6.45, 7) is 0. The molecular formula is C104H66N6.